The molecule has 1 atom stereocenters. The molecular formula is C30H54NO6P. The fourth-order valence-electron chi connectivity index (χ4n) is 4.27. The first-order valence-electron chi connectivity index (χ1n) is 14.2. The lowest BCUT2D eigenvalue weighted by Gasteiger charge is -2.36. The molecule has 38 heavy (non-hydrogen) atoms. The maximum absolute atomic E-state index is 13.6. The summed E-state index contributed by atoms with van der Waals surface area (Å²) in [6.45, 7) is 15.7. The Hall–Kier alpha value is -1.24. The van der Waals surface area contributed by atoms with Crippen molar-refractivity contribution in [2.24, 2.45) is 0 Å². The van der Waals surface area contributed by atoms with Crippen LogP contribution < -0.4 is 5.32 Å². The third kappa shape index (κ3) is 14.2. The number of benzene rings is 1. The highest BCUT2D eigenvalue weighted by molar-refractivity contribution is 7.48. The topological polar surface area (TPSA) is 83.1 Å². The van der Waals surface area contributed by atoms with Crippen molar-refractivity contribution in [2.45, 2.75) is 130 Å². The van der Waals surface area contributed by atoms with Gasteiger partial charge in [-0.25, -0.2) is 4.57 Å². The fraction of sp³-hybridized carbons (Fsp3) is 0.767. The fourth-order valence-corrected chi connectivity index (χ4v) is 6.16. The summed E-state index contributed by atoms with van der Waals surface area (Å²) >= 11 is 0. The number of ether oxygens (including phenoxy) is 1. The molecule has 0 radical (unpaired) electrons. The van der Waals surface area contributed by atoms with E-state index in [2.05, 4.69) is 37.4 Å². The molecule has 1 aromatic carbocycles. The summed E-state index contributed by atoms with van der Waals surface area (Å²) in [5, 5.41) is 3.25. The van der Waals surface area contributed by atoms with Crippen molar-refractivity contribution >= 4 is 14.3 Å². The predicted molar refractivity (Wildman–Crippen MR) is 156 cm³/mol. The Bertz CT molecular complexity index is 856. The molecule has 0 amide bonds. The molecule has 7 nitrogen and oxygen atoms in total. The van der Waals surface area contributed by atoms with Crippen molar-refractivity contribution in [2.75, 3.05) is 20.3 Å². The van der Waals surface area contributed by atoms with Gasteiger partial charge < -0.3 is 10.1 Å². The molecule has 0 aromatic heterocycles. The second-order valence-electron chi connectivity index (χ2n) is 12.3. The molecule has 0 bridgehead atoms. The van der Waals surface area contributed by atoms with Crippen molar-refractivity contribution < 1.29 is 27.7 Å². The Kier molecular flexibility index (Phi) is 14.8. The van der Waals surface area contributed by atoms with E-state index < -0.39 is 24.6 Å². The zero-order valence-corrected chi connectivity index (χ0v) is 26.4. The van der Waals surface area contributed by atoms with Crippen LogP contribution in [0.5, 0.6) is 0 Å². The molecule has 0 aliphatic heterocycles. The SMILES string of the molecule is CCCCCCCCc1ccc(CCC(COC=O)(COP(=O)(OC(C)(C)C)OC(C)(C)C)NC)cc1C. The Labute approximate surface area is 232 Å². The smallest absolute Gasteiger partial charge is 0.466 e. The van der Waals surface area contributed by atoms with E-state index in [9.17, 15) is 9.36 Å². The van der Waals surface area contributed by atoms with E-state index in [1.807, 2.05) is 0 Å². The van der Waals surface area contributed by atoms with Crippen molar-refractivity contribution in [3.63, 3.8) is 0 Å². The number of hydrogen-bond donors (Lipinski definition) is 1. The van der Waals surface area contributed by atoms with Gasteiger partial charge in [-0.05, 0) is 97.9 Å². The number of carbonyl (C=O) groups is 1. The molecular weight excluding hydrogens is 501 g/mol. The number of carbonyl (C=O) groups excluding carboxylic acids is 1. The molecule has 0 saturated heterocycles. The number of unbranched alkanes of at least 4 members (excludes halogenated alkanes) is 5. The molecule has 0 saturated carbocycles. The summed E-state index contributed by atoms with van der Waals surface area (Å²) in [6, 6.07) is 6.65. The Morgan fingerprint density at radius 1 is 0.895 bits per heavy atom. The zero-order chi connectivity index (χ0) is 28.9. The van der Waals surface area contributed by atoms with Gasteiger partial charge in [-0.3, -0.25) is 18.4 Å². The number of hydrogen-bond acceptors (Lipinski definition) is 7. The number of rotatable bonds is 19. The van der Waals surface area contributed by atoms with E-state index in [1.165, 1.54) is 55.2 Å². The van der Waals surface area contributed by atoms with Gasteiger partial charge in [0.15, 0.2) is 0 Å². The molecule has 8 heteroatoms. The molecule has 0 spiro atoms. The van der Waals surface area contributed by atoms with E-state index in [4.69, 9.17) is 18.3 Å². The van der Waals surface area contributed by atoms with Gasteiger partial charge in [0.25, 0.3) is 6.47 Å². The van der Waals surface area contributed by atoms with Gasteiger partial charge in [-0.1, -0.05) is 57.2 Å². The molecule has 220 valence electrons. The number of likely N-dealkylation sites (N-methyl/N-ethyl adjacent to an activating group) is 1. The van der Waals surface area contributed by atoms with Crippen LogP contribution in [0.3, 0.4) is 0 Å². The van der Waals surface area contributed by atoms with Gasteiger partial charge in [-0.2, -0.15) is 0 Å². The monoisotopic (exact) mass is 555 g/mol. The highest BCUT2D eigenvalue weighted by Gasteiger charge is 2.40. The number of aryl methyl sites for hydroxylation is 3. The first-order chi connectivity index (χ1) is 17.7. The van der Waals surface area contributed by atoms with Crippen LogP contribution in [0, 0.1) is 6.92 Å². The first kappa shape index (κ1) is 34.8. The molecule has 0 fully saturated rings. The molecule has 0 aliphatic rings. The van der Waals surface area contributed by atoms with Crippen LogP contribution >= 0.6 is 7.82 Å². The number of nitrogens with one attached hydrogen (secondary N) is 1. The van der Waals surface area contributed by atoms with E-state index >= 15 is 0 Å². The summed E-state index contributed by atoms with van der Waals surface area (Å²) in [6.07, 6.45) is 10.2. The molecule has 0 aliphatic carbocycles. The summed E-state index contributed by atoms with van der Waals surface area (Å²) in [4.78, 5) is 11.1. The molecule has 1 rings (SSSR count). The van der Waals surface area contributed by atoms with Crippen molar-refractivity contribution in [1.29, 1.82) is 0 Å². The van der Waals surface area contributed by atoms with Crippen LogP contribution in [0.4, 0.5) is 0 Å². The van der Waals surface area contributed by atoms with Crippen LogP contribution in [0.2, 0.25) is 0 Å². The van der Waals surface area contributed by atoms with Crippen molar-refractivity contribution in [1.82, 2.24) is 5.32 Å². The lowest BCUT2D eigenvalue weighted by molar-refractivity contribution is -0.131. The average molecular weight is 556 g/mol. The number of phosphoric acid groups is 1. The minimum atomic E-state index is -3.92. The van der Waals surface area contributed by atoms with E-state index in [-0.39, 0.29) is 13.2 Å². The maximum Gasteiger partial charge on any atom is 0.475 e. The quantitative estimate of drug-likeness (QED) is 0.106. The van der Waals surface area contributed by atoms with Crippen LogP contribution in [-0.2, 0) is 40.5 Å². The van der Waals surface area contributed by atoms with Gasteiger partial charge in [0.2, 0.25) is 0 Å². The second-order valence-corrected chi connectivity index (χ2v) is 13.9. The van der Waals surface area contributed by atoms with Gasteiger partial charge in [0, 0.05) is 0 Å². The Morgan fingerprint density at radius 3 is 2.03 bits per heavy atom. The van der Waals surface area contributed by atoms with Crippen molar-refractivity contribution in [3.8, 4) is 0 Å². The highest BCUT2D eigenvalue weighted by Crippen LogP contribution is 2.55. The Balaban J connectivity index is 2.92. The lowest BCUT2D eigenvalue weighted by Crippen LogP contribution is -2.51. The van der Waals surface area contributed by atoms with E-state index in [1.54, 1.807) is 48.6 Å². The summed E-state index contributed by atoms with van der Waals surface area (Å²) < 4.78 is 36.2. The summed E-state index contributed by atoms with van der Waals surface area (Å²) in [5.74, 6) is 0. The molecule has 1 N–H and O–H groups in total. The summed E-state index contributed by atoms with van der Waals surface area (Å²) in [5.41, 5.74) is 1.64. The van der Waals surface area contributed by atoms with Crippen LogP contribution in [-0.4, -0.2) is 43.5 Å². The largest absolute Gasteiger partial charge is 0.475 e. The first-order valence-corrected chi connectivity index (χ1v) is 15.6. The van der Waals surface area contributed by atoms with Crippen molar-refractivity contribution in [3.05, 3.63) is 34.9 Å². The maximum atomic E-state index is 13.6. The van der Waals surface area contributed by atoms with Gasteiger partial charge in [0.1, 0.15) is 6.61 Å². The van der Waals surface area contributed by atoms with Crippen LogP contribution in [0.25, 0.3) is 0 Å². The standard InChI is InChI=1S/C30H54NO6P/c1-10-11-12-13-14-15-16-27-18-17-26(21-25(27)2)19-20-30(31-9,22-34-24-32)23-35-38(33,36-28(3,4)5)37-29(6,7)8/h17-18,21,24,31H,10-16,19-20,22-23H2,1-9H3. The minimum Gasteiger partial charge on any atom is -0.466 e. The second kappa shape index (κ2) is 16.1. The normalized spacial score (nSPS) is 14.3. The zero-order valence-electron chi connectivity index (χ0n) is 25.5. The third-order valence-corrected chi connectivity index (χ3v) is 8.32. The highest BCUT2D eigenvalue weighted by atomic mass is 31.2. The van der Waals surface area contributed by atoms with Gasteiger partial charge >= 0.3 is 7.82 Å². The molecule has 1 unspecified atom stereocenters. The lowest BCUT2D eigenvalue weighted by atomic mass is 9.91. The molecule has 1 aromatic rings. The number of phosphoric ester groups is 1. The van der Waals surface area contributed by atoms with Crippen LogP contribution in [0.1, 0.15) is 110 Å². The van der Waals surface area contributed by atoms with E-state index in [0.717, 1.165) is 12.8 Å². The molecule has 0 heterocycles. The third-order valence-electron chi connectivity index (χ3n) is 6.33. The van der Waals surface area contributed by atoms with Gasteiger partial charge in [0.05, 0.1) is 23.3 Å². The van der Waals surface area contributed by atoms with Gasteiger partial charge in [-0.15, -0.1) is 0 Å². The Morgan fingerprint density at radius 2 is 1.50 bits per heavy atom. The average Bonchev–Trinajstić information content (AvgIpc) is 2.80. The minimum absolute atomic E-state index is 0.0180. The predicted octanol–water partition coefficient (Wildman–Crippen LogP) is 7.72. The van der Waals surface area contributed by atoms with Crippen LogP contribution in [0.15, 0.2) is 18.2 Å². The summed E-state index contributed by atoms with van der Waals surface area (Å²) in [7, 11) is -2.13. The van der Waals surface area contributed by atoms with E-state index in [0.29, 0.717) is 12.9 Å².